The molecule has 4 rings (SSSR count). The molecule has 1 aromatic heterocycles. The van der Waals surface area contributed by atoms with Crippen molar-refractivity contribution in [1.82, 2.24) is 9.80 Å². The van der Waals surface area contributed by atoms with Crippen LogP contribution in [0.15, 0.2) is 59.0 Å². The predicted octanol–water partition coefficient (Wildman–Crippen LogP) is 5.05. The van der Waals surface area contributed by atoms with E-state index in [-0.39, 0.29) is 18.0 Å². The van der Waals surface area contributed by atoms with Crippen molar-refractivity contribution in [3.05, 3.63) is 93.4 Å². The third-order valence-electron chi connectivity index (χ3n) is 6.42. The van der Waals surface area contributed by atoms with Gasteiger partial charge in [0.2, 0.25) is 0 Å². The number of methoxy groups -OCH3 is 1. The number of furan rings is 1. The molecule has 0 radical (unpaired) electrons. The smallest absolute Gasteiger partial charge is 0.337 e. The molecule has 3 aromatic rings. The number of carbonyl (C=O) groups is 2. The van der Waals surface area contributed by atoms with E-state index in [4.69, 9.17) is 25.5 Å². The van der Waals surface area contributed by atoms with Crippen LogP contribution in [0, 0.1) is 13.8 Å². The van der Waals surface area contributed by atoms with Crippen molar-refractivity contribution in [2.24, 2.45) is 0 Å². The minimum atomic E-state index is -0.364. The zero-order chi connectivity index (χ0) is 25.7. The van der Waals surface area contributed by atoms with E-state index in [9.17, 15) is 9.59 Å². The Labute approximate surface area is 216 Å². The summed E-state index contributed by atoms with van der Waals surface area (Å²) in [7, 11) is 1.37. The molecule has 1 aliphatic rings. The third-order valence-corrected chi connectivity index (χ3v) is 6.67. The van der Waals surface area contributed by atoms with Gasteiger partial charge >= 0.3 is 5.97 Å². The van der Waals surface area contributed by atoms with Crippen LogP contribution in [0.1, 0.15) is 49.5 Å². The number of ether oxygens (including phenoxy) is 2. The van der Waals surface area contributed by atoms with Crippen LogP contribution in [0.3, 0.4) is 0 Å². The number of nitrogens with zero attached hydrogens (tertiary/aromatic N) is 2. The van der Waals surface area contributed by atoms with E-state index in [1.165, 1.54) is 7.11 Å². The van der Waals surface area contributed by atoms with Gasteiger partial charge in [-0.15, -0.1) is 0 Å². The van der Waals surface area contributed by atoms with Crippen molar-refractivity contribution >= 4 is 23.5 Å². The Hall–Kier alpha value is -3.13. The number of benzene rings is 2. The summed E-state index contributed by atoms with van der Waals surface area (Å²) in [4.78, 5) is 28.8. The van der Waals surface area contributed by atoms with Crippen molar-refractivity contribution in [3.63, 3.8) is 0 Å². The summed E-state index contributed by atoms with van der Waals surface area (Å²) in [6.45, 7) is 7.56. The van der Waals surface area contributed by atoms with E-state index >= 15 is 0 Å². The normalized spacial score (nSPS) is 15.1. The summed E-state index contributed by atoms with van der Waals surface area (Å²) in [5.41, 5.74) is 3.14. The van der Waals surface area contributed by atoms with Crippen molar-refractivity contribution in [3.8, 4) is 0 Å². The summed E-state index contributed by atoms with van der Waals surface area (Å²) in [5, 5.41) is 0.674. The number of hydrogen-bond acceptors (Lipinski definition) is 6. The molecule has 36 heavy (non-hydrogen) atoms. The summed E-state index contributed by atoms with van der Waals surface area (Å²) in [6.07, 6.45) is -0.177. The molecule has 1 aliphatic heterocycles. The van der Waals surface area contributed by atoms with Crippen LogP contribution in [0.2, 0.25) is 5.02 Å². The molecule has 1 saturated heterocycles. The summed E-state index contributed by atoms with van der Waals surface area (Å²) >= 11 is 6.11. The van der Waals surface area contributed by atoms with Gasteiger partial charge in [0.25, 0.3) is 5.91 Å². The molecule has 0 spiro atoms. The molecule has 0 bridgehead atoms. The van der Waals surface area contributed by atoms with Gasteiger partial charge < -0.3 is 18.8 Å². The van der Waals surface area contributed by atoms with Crippen LogP contribution in [0.4, 0.5) is 0 Å². The highest BCUT2D eigenvalue weighted by molar-refractivity contribution is 6.30. The standard InChI is InChI=1S/C28H31ClN2O5/c1-19-16-25(20(2)36-19)27(32)31-14-12-30(13-15-31)17-26(22-8-10-24(29)11-9-22)35-18-21-4-6-23(7-5-21)28(33)34-3/h4-11,16,26H,12-15,17-18H2,1-3H3/t26-/m0/s1. The van der Waals surface area contributed by atoms with Crippen molar-refractivity contribution in [2.45, 2.75) is 26.6 Å². The number of rotatable bonds is 8. The number of piperazine rings is 1. The fourth-order valence-corrected chi connectivity index (χ4v) is 4.49. The van der Waals surface area contributed by atoms with Crippen molar-refractivity contribution < 1.29 is 23.5 Å². The van der Waals surface area contributed by atoms with E-state index in [0.717, 1.165) is 30.0 Å². The first-order valence-corrected chi connectivity index (χ1v) is 12.3. The largest absolute Gasteiger partial charge is 0.466 e. The average Bonchev–Trinajstić information content (AvgIpc) is 3.24. The maximum Gasteiger partial charge on any atom is 0.337 e. The highest BCUT2D eigenvalue weighted by Gasteiger charge is 2.26. The number of esters is 1. The summed E-state index contributed by atoms with van der Waals surface area (Å²) < 4.78 is 16.7. The van der Waals surface area contributed by atoms with Gasteiger partial charge in [0, 0.05) is 37.7 Å². The van der Waals surface area contributed by atoms with E-state index < -0.39 is 0 Å². The Morgan fingerprint density at radius 1 is 1.00 bits per heavy atom. The van der Waals surface area contributed by atoms with Gasteiger partial charge in [0.15, 0.2) is 0 Å². The molecule has 0 unspecified atom stereocenters. The Kier molecular flexibility index (Phi) is 8.46. The van der Waals surface area contributed by atoms with Crippen LogP contribution in [0.5, 0.6) is 0 Å². The predicted molar refractivity (Wildman–Crippen MR) is 137 cm³/mol. The van der Waals surface area contributed by atoms with Crippen LogP contribution < -0.4 is 0 Å². The van der Waals surface area contributed by atoms with Gasteiger partial charge in [0.1, 0.15) is 11.5 Å². The Balaban J connectivity index is 1.38. The monoisotopic (exact) mass is 510 g/mol. The molecule has 0 aliphatic carbocycles. The van der Waals surface area contributed by atoms with Crippen LogP contribution in [-0.4, -0.2) is 61.5 Å². The fourth-order valence-electron chi connectivity index (χ4n) is 4.37. The lowest BCUT2D eigenvalue weighted by Gasteiger charge is -2.36. The quantitative estimate of drug-likeness (QED) is 0.395. The van der Waals surface area contributed by atoms with Crippen LogP contribution in [0.25, 0.3) is 0 Å². The lowest BCUT2D eigenvalue weighted by Crippen LogP contribution is -2.49. The van der Waals surface area contributed by atoms with Gasteiger partial charge in [-0.2, -0.15) is 0 Å². The van der Waals surface area contributed by atoms with Gasteiger partial charge in [-0.3, -0.25) is 9.69 Å². The second-order valence-corrected chi connectivity index (χ2v) is 9.40. The first-order chi connectivity index (χ1) is 17.3. The molecule has 1 fully saturated rings. The Bertz CT molecular complexity index is 1180. The van der Waals surface area contributed by atoms with Gasteiger partial charge in [-0.1, -0.05) is 35.9 Å². The van der Waals surface area contributed by atoms with E-state index in [2.05, 4.69) is 4.90 Å². The molecular weight excluding hydrogens is 480 g/mol. The number of aryl methyl sites for hydroxylation is 2. The Morgan fingerprint density at radius 3 is 2.25 bits per heavy atom. The molecule has 1 amide bonds. The minimum absolute atomic E-state index is 0.0184. The second kappa shape index (κ2) is 11.7. The molecule has 1 atom stereocenters. The highest BCUT2D eigenvalue weighted by atomic mass is 35.5. The number of amides is 1. The van der Waals surface area contributed by atoms with Crippen LogP contribution in [-0.2, 0) is 16.1 Å². The lowest BCUT2D eigenvalue weighted by atomic mass is 10.1. The van der Waals surface area contributed by atoms with Gasteiger partial charge in [0.05, 0.1) is 30.9 Å². The van der Waals surface area contributed by atoms with E-state index in [1.54, 1.807) is 12.1 Å². The average molecular weight is 511 g/mol. The summed E-state index contributed by atoms with van der Waals surface area (Å²) in [5.74, 6) is 1.07. The molecular formula is C28H31ClN2O5. The van der Waals surface area contributed by atoms with Crippen LogP contribution >= 0.6 is 11.6 Å². The topological polar surface area (TPSA) is 72.2 Å². The molecule has 0 saturated carbocycles. The SMILES string of the molecule is COC(=O)c1ccc(CO[C@@H](CN2CCN(C(=O)c3cc(C)oc3C)CC2)c2ccc(Cl)cc2)cc1. The molecule has 7 nitrogen and oxygen atoms in total. The molecule has 0 N–H and O–H groups in total. The second-order valence-electron chi connectivity index (χ2n) is 8.96. The van der Waals surface area contributed by atoms with Crippen molar-refractivity contribution in [1.29, 1.82) is 0 Å². The maximum atomic E-state index is 12.9. The number of hydrogen-bond donors (Lipinski definition) is 0. The molecule has 190 valence electrons. The zero-order valence-corrected chi connectivity index (χ0v) is 21.6. The first-order valence-electron chi connectivity index (χ1n) is 12.0. The molecule has 2 aromatic carbocycles. The zero-order valence-electron chi connectivity index (χ0n) is 20.8. The van der Waals surface area contributed by atoms with Gasteiger partial charge in [-0.25, -0.2) is 4.79 Å². The number of halogens is 1. The van der Waals surface area contributed by atoms with Gasteiger partial charge in [-0.05, 0) is 55.3 Å². The molecule has 8 heteroatoms. The van der Waals surface area contributed by atoms with E-state index in [0.29, 0.717) is 48.2 Å². The maximum absolute atomic E-state index is 12.9. The fraction of sp³-hybridized carbons (Fsp3) is 0.357. The van der Waals surface area contributed by atoms with Crippen molar-refractivity contribution in [2.75, 3.05) is 39.8 Å². The Morgan fingerprint density at radius 2 is 1.67 bits per heavy atom. The minimum Gasteiger partial charge on any atom is -0.466 e. The highest BCUT2D eigenvalue weighted by Crippen LogP contribution is 2.24. The lowest BCUT2D eigenvalue weighted by molar-refractivity contribution is 0.00339. The van der Waals surface area contributed by atoms with E-state index in [1.807, 2.05) is 61.2 Å². The number of carbonyl (C=O) groups excluding carboxylic acids is 2. The summed E-state index contributed by atoms with van der Waals surface area (Å²) in [6, 6.07) is 16.7. The molecule has 2 heterocycles. The first kappa shape index (κ1) is 25.9. The third kappa shape index (κ3) is 6.35.